The van der Waals surface area contributed by atoms with Crippen LogP contribution in [0.3, 0.4) is 0 Å². The molecule has 0 saturated heterocycles. The van der Waals surface area contributed by atoms with Crippen LogP contribution in [0.2, 0.25) is 0 Å². The molecule has 0 atom stereocenters. The zero-order valence-electron chi connectivity index (χ0n) is 7.22. The second-order valence-corrected chi connectivity index (χ2v) is 4.11. The van der Waals surface area contributed by atoms with Gasteiger partial charge in [0.15, 0.2) is 4.98 Å². The fourth-order valence-corrected chi connectivity index (χ4v) is 0.676. The molecule has 0 aromatic heterocycles. The number of aryl methyl sites for hydroxylation is 1. The van der Waals surface area contributed by atoms with E-state index < -0.39 is 15.4 Å². The van der Waals surface area contributed by atoms with Gasteiger partial charge in [-0.25, -0.2) is 0 Å². The Morgan fingerprint density at radius 2 is 1.57 bits per heavy atom. The predicted octanol–water partition coefficient (Wildman–Crippen LogP) is 3.51. The summed E-state index contributed by atoms with van der Waals surface area (Å²) in [5, 5.41) is 8.34. The number of benzene rings is 1. The van der Waals surface area contributed by atoms with Gasteiger partial charge in [-0.05, 0) is 6.92 Å². The number of hydrogen-bond acceptors (Lipinski definition) is 1. The van der Waals surface area contributed by atoms with Crippen molar-refractivity contribution in [2.45, 2.75) is 6.92 Å². The van der Waals surface area contributed by atoms with Crippen molar-refractivity contribution in [3.8, 4) is 0 Å². The Morgan fingerprint density at radius 1 is 1.14 bits per heavy atom. The van der Waals surface area contributed by atoms with Crippen LogP contribution in [0, 0.1) is 12.3 Å². The van der Waals surface area contributed by atoms with E-state index in [1.165, 1.54) is 0 Å². The maximum atomic E-state index is 9.88. The van der Waals surface area contributed by atoms with Crippen molar-refractivity contribution in [3.63, 3.8) is 0 Å². The maximum absolute atomic E-state index is 9.88. The average molecular weight is 271 g/mol. The molecule has 1 rings (SSSR count). The van der Waals surface area contributed by atoms with Crippen molar-refractivity contribution in [2.24, 2.45) is 0 Å². The van der Waals surface area contributed by atoms with Gasteiger partial charge in [-0.2, -0.15) is 0 Å². The molecule has 2 nitrogen and oxygen atoms in total. The Labute approximate surface area is 82.6 Å². The summed E-state index contributed by atoms with van der Waals surface area (Å²) in [5.74, 6) is 0. The molecule has 7 heteroatoms. The van der Waals surface area contributed by atoms with Gasteiger partial charge in [0.05, 0.1) is 0 Å². The first kappa shape index (κ1) is 12.9. The normalized spacial score (nSPS) is 10.9. The van der Waals surface area contributed by atoms with Crippen molar-refractivity contribution in [3.05, 3.63) is 34.8 Å². The third-order valence-corrected chi connectivity index (χ3v) is 1.22. The van der Waals surface area contributed by atoms with Crippen molar-refractivity contribution in [1.29, 1.82) is 5.39 Å². The molecule has 0 fully saturated rings. The molecule has 0 amide bonds. The first-order chi connectivity index (χ1) is 6.34. The zero-order chi connectivity index (χ0) is 11.2. The second kappa shape index (κ2) is 5.61. The van der Waals surface area contributed by atoms with Crippen LogP contribution in [0.25, 0.3) is 4.98 Å². The average Bonchev–Trinajstić information content (AvgIpc) is 2.02. The van der Waals surface area contributed by atoms with Crippen molar-refractivity contribution >= 4 is 21.1 Å². The molecule has 0 radical (unpaired) electrons. The summed E-state index contributed by atoms with van der Waals surface area (Å²) in [4.78, 5) is 3.07. The SMILES string of the molecule is Cc1ccccc1[N+]#N.F[AsH-](F)(F)F. The van der Waals surface area contributed by atoms with E-state index >= 15 is 0 Å². The van der Waals surface area contributed by atoms with Gasteiger partial charge in [0.1, 0.15) is 0 Å². The van der Waals surface area contributed by atoms with E-state index in [9.17, 15) is 13.9 Å². The van der Waals surface area contributed by atoms with E-state index in [1.807, 2.05) is 25.1 Å². The molecule has 0 aliphatic rings. The topological polar surface area (TPSA) is 28.1 Å². The van der Waals surface area contributed by atoms with Gasteiger partial charge < -0.3 is 0 Å². The monoisotopic (exact) mass is 271 g/mol. The van der Waals surface area contributed by atoms with Gasteiger partial charge in [0.25, 0.3) is 0 Å². The molecule has 0 N–H and O–H groups in total. The molecule has 0 spiro atoms. The molecule has 0 heterocycles. The third kappa shape index (κ3) is 7.56. The summed E-state index contributed by atoms with van der Waals surface area (Å²) >= 11 is -7.00. The number of diazo groups is 1. The molecule has 0 saturated carbocycles. The number of rotatable bonds is 0. The van der Waals surface area contributed by atoms with Crippen LogP contribution in [-0.4, -0.2) is 15.4 Å². The van der Waals surface area contributed by atoms with Gasteiger partial charge in [0, 0.05) is 11.6 Å². The molecule has 0 aliphatic heterocycles. The molecule has 79 valence electrons. The predicted molar refractivity (Wildman–Crippen MR) is 47.5 cm³/mol. The zero-order valence-corrected chi connectivity index (χ0v) is 9.31. The van der Waals surface area contributed by atoms with Crippen LogP contribution in [0.1, 0.15) is 5.56 Å². The quantitative estimate of drug-likeness (QED) is 0.403. The molecule has 0 bridgehead atoms. The first-order valence-electron chi connectivity index (χ1n) is 3.51. The second-order valence-electron chi connectivity index (χ2n) is 2.32. The van der Waals surface area contributed by atoms with Gasteiger partial charge >= 0.3 is 35.0 Å². The van der Waals surface area contributed by atoms with Gasteiger partial charge in [-0.1, -0.05) is 18.2 Å². The van der Waals surface area contributed by atoms with E-state index in [-0.39, 0.29) is 0 Å². The Kier molecular flexibility index (Phi) is 5.17. The molecule has 1 aromatic rings. The summed E-state index contributed by atoms with van der Waals surface area (Å²) < 4.78 is 39.5. The van der Waals surface area contributed by atoms with Crippen molar-refractivity contribution < 1.29 is 13.9 Å². The number of nitrogens with zero attached hydrogens (tertiary/aromatic N) is 2. The summed E-state index contributed by atoms with van der Waals surface area (Å²) in [5.41, 5.74) is 1.62. The van der Waals surface area contributed by atoms with E-state index in [0.717, 1.165) is 5.56 Å². The van der Waals surface area contributed by atoms with Crippen LogP contribution >= 0.6 is 0 Å². The van der Waals surface area contributed by atoms with Gasteiger partial charge in [-0.15, -0.1) is 0 Å². The Hall–Kier alpha value is -1.08. The van der Waals surface area contributed by atoms with Crippen LogP contribution in [0.4, 0.5) is 19.6 Å². The van der Waals surface area contributed by atoms with E-state index in [1.54, 1.807) is 6.07 Å². The molecule has 1 aromatic carbocycles. The van der Waals surface area contributed by atoms with Crippen LogP contribution < -0.4 is 0 Å². The summed E-state index contributed by atoms with van der Waals surface area (Å²) in [6.07, 6.45) is 0. The third-order valence-electron chi connectivity index (χ3n) is 1.22. The van der Waals surface area contributed by atoms with Crippen molar-refractivity contribution in [2.75, 3.05) is 0 Å². The van der Waals surface area contributed by atoms with Crippen LogP contribution in [0.5, 0.6) is 0 Å². The first-order valence-corrected chi connectivity index (χ1v) is 6.68. The fraction of sp³-hybridized carbons (Fsp3) is 0.143. The molecule has 0 aliphatic carbocycles. The molecule has 0 unspecified atom stereocenters. The van der Waals surface area contributed by atoms with Crippen LogP contribution in [-0.2, 0) is 0 Å². The Morgan fingerprint density at radius 3 is 1.86 bits per heavy atom. The summed E-state index contributed by atoms with van der Waals surface area (Å²) in [6, 6.07) is 7.40. The number of halogens is 4. The number of hydrogen-bond donors (Lipinski definition) is 0. The van der Waals surface area contributed by atoms with E-state index in [0.29, 0.717) is 5.69 Å². The standard InChI is InChI=1S/C7H7N2.AsF4H/c1-6-4-2-3-5-7(6)9-8;2-1(3,4)5/h2-5H,1H3;1H/q+1;-1. The van der Waals surface area contributed by atoms with Gasteiger partial charge in [-0.3, -0.25) is 0 Å². The fourth-order valence-electron chi connectivity index (χ4n) is 0.676. The van der Waals surface area contributed by atoms with E-state index in [2.05, 4.69) is 4.98 Å². The summed E-state index contributed by atoms with van der Waals surface area (Å²) in [6.45, 7) is 1.90. The summed E-state index contributed by atoms with van der Waals surface area (Å²) in [7, 11) is 0. The minimum absolute atomic E-state index is 0.637. The van der Waals surface area contributed by atoms with Crippen molar-refractivity contribution in [1.82, 2.24) is 0 Å². The molecule has 14 heavy (non-hydrogen) atoms. The van der Waals surface area contributed by atoms with Crippen LogP contribution in [0.15, 0.2) is 24.3 Å². The van der Waals surface area contributed by atoms with Gasteiger partial charge in [0.2, 0.25) is 5.39 Å². The Bertz CT molecular complexity index is 325. The van der Waals surface area contributed by atoms with E-state index in [4.69, 9.17) is 5.39 Å². The molecular formula is C7H8AsF4N2. The minimum atomic E-state index is -7.00. The molecular weight excluding hydrogens is 263 g/mol. The Balaban J connectivity index is 0.000000292.